The third-order valence-corrected chi connectivity index (χ3v) is 7.27. The average molecular weight is 391 g/mol. The van der Waals surface area contributed by atoms with E-state index in [1.807, 2.05) is 13.1 Å². The summed E-state index contributed by atoms with van der Waals surface area (Å²) in [7, 11) is -0.196. The molecular weight excluding hydrogens is 364 g/mol. The van der Waals surface area contributed by atoms with Crippen LogP contribution < -0.4 is 4.74 Å². The summed E-state index contributed by atoms with van der Waals surface area (Å²) in [6, 6.07) is 15.8. The summed E-state index contributed by atoms with van der Waals surface area (Å²) in [6.45, 7) is 2.22. The van der Waals surface area contributed by atoms with Gasteiger partial charge in [-0.15, -0.1) is 0 Å². The monoisotopic (exact) mass is 390 g/mol. The molecule has 2 atom stereocenters. The highest BCUT2D eigenvalue weighted by Gasteiger charge is 2.40. The van der Waals surface area contributed by atoms with Crippen molar-refractivity contribution in [1.29, 1.82) is 0 Å². The number of likely N-dealkylation sites (N-methyl/N-ethyl adjacent to an activating group) is 1. The molecule has 0 amide bonds. The molecule has 2 aromatic rings. The van der Waals surface area contributed by atoms with E-state index in [9.17, 15) is 13.5 Å². The Balaban J connectivity index is 1.98. The first-order valence-corrected chi connectivity index (χ1v) is 10.5. The van der Waals surface area contributed by atoms with Gasteiger partial charge in [-0.1, -0.05) is 42.5 Å². The van der Waals surface area contributed by atoms with Gasteiger partial charge in [0.2, 0.25) is 10.0 Å². The minimum absolute atomic E-state index is 0.428. The minimum atomic E-state index is -3.74. The Morgan fingerprint density at radius 2 is 1.52 bits per heavy atom. The van der Waals surface area contributed by atoms with Crippen LogP contribution in [0.25, 0.3) is 0 Å². The molecule has 7 heteroatoms. The van der Waals surface area contributed by atoms with Gasteiger partial charge in [0.15, 0.2) is 0 Å². The highest BCUT2D eigenvalue weighted by Crippen LogP contribution is 2.38. The molecule has 2 aromatic carbocycles. The average Bonchev–Trinajstić information content (AvgIpc) is 2.69. The van der Waals surface area contributed by atoms with Crippen molar-refractivity contribution in [3.63, 3.8) is 0 Å². The van der Waals surface area contributed by atoms with E-state index in [2.05, 4.69) is 4.90 Å². The van der Waals surface area contributed by atoms with Gasteiger partial charge < -0.3 is 14.7 Å². The Kier molecular flexibility index (Phi) is 6.16. The Morgan fingerprint density at radius 1 is 0.926 bits per heavy atom. The smallest absolute Gasteiger partial charge is 0.224 e. The number of methoxy groups -OCH3 is 1. The van der Waals surface area contributed by atoms with E-state index in [-0.39, 0.29) is 0 Å². The molecule has 1 N–H and O–H groups in total. The number of piperazine rings is 1. The van der Waals surface area contributed by atoms with E-state index >= 15 is 0 Å². The van der Waals surface area contributed by atoms with E-state index in [1.165, 1.54) is 4.31 Å². The van der Waals surface area contributed by atoms with Crippen LogP contribution in [0, 0.1) is 0 Å². The number of nitrogens with zero attached hydrogens (tertiary/aromatic N) is 2. The lowest BCUT2D eigenvalue weighted by Crippen LogP contribution is -2.49. The van der Waals surface area contributed by atoms with Crippen molar-refractivity contribution >= 4 is 10.0 Å². The Morgan fingerprint density at radius 3 is 2.07 bits per heavy atom. The molecule has 0 spiro atoms. The normalized spacial score (nSPS) is 18.8. The number of aliphatic hydroxyl groups excluding tert-OH is 1. The number of ether oxygens (including phenoxy) is 1. The van der Waals surface area contributed by atoms with E-state index < -0.39 is 21.4 Å². The zero-order valence-electron chi connectivity index (χ0n) is 15.7. The lowest BCUT2D eigenvalue weighted by atomic mass is 10.0. The van der Waals surface area contributed by atoms with Crippen molar-refractivity contribution in [3.05, 3.63) is 65.7 Å². The van der Waals surface area contributed by atoms with E-state index in [0.717, 1.165) is 0 Å². The number of sulfonamides is 1. The summed E-state index contributed by atoms with van der Waals surface area (Å²) in [5, 5.41) is 10.00. The standard InChI is InChI=1S/C20H26N2O4S/c1-21-12-14-22(15-13-21)27(24,25)20(17-6-4-3-5-7-17)19(23)16-8-10-18(26-2)11-9-16/h3-11,19-20,23H,12-15H2,1-2H3/t19-,20+/m0/s1. The molecule has 0 saturated carbocycles. The third kappa shape index (κ3) is 4.32. The summed E-state index contributed by atoms with van der Waals surface area (Å²) in [6.07, 6.45) is -1.18. The lowest BCUT2D eigenvalue weighted by molar-refractivity contribution is 0.163. The molecule has 0 radical (unpaired) electrons. The SMILES string of the molecule is COc1ccc([C@H](O)[C@@H](c2ccccc2)S(=O)(=O)N2CCN(C)CC2)cc1. The van der Waals surface area contributed by atoms with Gasteiger partial charge in [-0.3, -0.25) is 0 Å². The molecule has 1 fully saturated rings. The number of aliphatic hydroxyl groups is 1. The first kappa shape index (κ1) is 19.8. The molecule has 1 aliphatic heterocycles. The van der Waals surface area contributed by atoms with Crippen LogP contribution in [0.15, 0.2) is 54.6 Å². The zero-order valence-corrected chi connectivity index (χ0v) is 16.5. The van der Waals surface area contributed by atoms with Crippen LogP contribution in [-0.4, -0.2) is 63.1 Å². The summed E-state index contributed by atoms with van der Waals surface area (Å²) in [5.41, 5.74) is 1.13. The van der Waals surface area contributed by atoms with Crippen molar-refractivity contribution in [2.45, 2.75) is 11.4 Å². The summed E-state index contributed by atoms with van der Waals surface area (Å²) in [4.78, 5) is 2.10. The Hall–Kier alpha value is -1.93. The van der Waals surface area contributed by atoms with Gasteiger partial charge in [0.25, 0.3) is 0 Å². The van der Waals surface area contributed by atoms with E-state index in [1.54, 1.807) is 55.6 Å². The molecule has 0 aromatic heterocycles. The predicted octanol–water partition coefficient (Wildman–Crippen LogP) is 2.05. The predicted molar refractivity (Wildman–Crippen MR) is 105 cm³/mol. The van der Waals surface area contributed by atoms with Crippen molar-refractivity contribution in [2.75, 3.05) is 40.3 Å². The number of hydrogen-bond donors (Lipinski definition) is 1. The first-order valence-electron chi connectivity index (χ1n) is 8.98. The van der Waals surface area contributed by atoms with Crippen molar-refractivity contribution in [3.8, 4) is 5.75 Å². The fourth-order valence-electron chi connectivity index (χ4n) is 3.34. The highest BCUT2D eigenvalue weighted by atomic mass is 32.2. The summed E-state index contributed by atoms with van der Waals surface area (Å²) in [5.74, 6) is 0.657. The third-order valence-electron chi connectivity index (χ3n) is 5.02. The molecule has 1 heterocycles. The second-order valence-electron chi connectivity index (χ2n) is 6.80. The largest absolute Gasteiger partial charge is 0.497 e. The minimum Gasteiger partial charge on any atom is -0.497 e. The number of hydrogen-bond acceptors (Lipinski definition) is 5. The quantitative estimate of drug-likeness (QED) is 0.818. The first-order chi connectivity index (χ1) is 12.9. The molecular formula is C20H26N2O4S. The van der Waals surface area contributed by atoms with Gasteiger partial charge in [0.05, 0.1) is 7.11 Å². The van der Waals surface area contributed by atoms with Crippen LogP contribution >= 0.6 is 0 Å². The van der Waals surface area contributed by atoms with Gasteiger partial charge in [-0.25, -0.2) is 8.42 Å². The molecule has 1 aliphatic rings. The second kappa shape index (κ2) is 8.39. The van der Waals surface area contributed by atoms with Crippen LogP contribution in [0.3, 0.4) is 0 Å². The fraction of sp³-hybridized carbons (Fsp3) is 0.400. The molecule has 3 rings (SSSR count). The molecule has 6 nitrogen and oxygen atoms in total. The molecule has 1 saturated heterocycles. The highest BCUT2D eigenvalue weighted by molar-refractivity contribution is 7.89. The van der Waals surface area contributed by atoms with E-state index in [0.29, 0.717) is 43.1 Å². The maximum atomic E-state index is 13.5. The number of benzene rings is 2. The van der Waals surface area contributed by atoms with Gasteiger partial charge in [-0.05, 0) is 30.3 Å². The maximum absolute atomic E-state index is 13.5. The molecule has 0 unspecified atom stereocenters. The van der Waals surface area contributed by atoms with E-state index in [4.69, 9.17) is 4.74 Å². The lowest BCUT2D eigenvalue weighted by Gasteiger charge is -2.35. The Bertz CT molecular complexity index is 832. The molecule has 0 aliphatic carbocycles. The van der Waals surface area contributed by atoms with Gasteiger partial charge in [-0.2, -0.15) is 4.31 Å². The van der Waals surface area contributed by atoms with Gasteiger partial charge in [0, 0.05) is 26.2 Å². The van der Waals surface area contributed by atoms with Crippen molar-refractivity contribution in [1.82, 2.24) is 9.21 Å². The van der Waals surface area contributed by atoms with Crippen molar-refractivity contribution < 1.29 is 18.3 Å². The summed E-state index contributed by atoms with van der Waals surface area (Å²) < 4.78 is 33.6. The molecule has 0 bridgehead atoms. The van der Waals surface area contributed by atoms with Crippen LogP contribution in [0.2, 0.25) is 0 Å². The topological polar surface area (TPSA) is 70.1 Å². The van der Waals surface area contributed by atoms with Gasteiger partial charge in [0.1, 0.15) is 17.1 Å². The fourth-order valence-corrected chi connectivity index (χ4v) is 5.32. The van der Waals surface area contributed by atoms with Crippen LogP contribution in [0.4, 0.5) is 0 Å². The second-order valence-corrected chi connectivity index (χ2v) is 8.85. The summed E-state index contributed by atoms with van der Waals surface area (Å²) >= 11 is 0. The van der Waals surface area contributed by atoms with Crippen LogP contribution in [-0.2, 0) is 10.0 Å². The Labute approximate surface area is 161 Å². The van der Waals surface area contributed by atoms with Crippen molar-refractivity contribution in [2.24, 2.45) is 0 Å². The van der Waals surface area contributed by atoms with Crippen LogP contribution in [0.5, 0.6) is 5.75 Å². The maximum Gasteiger partial charge on any atom is 0.224 e. The van der Waals surface area contributed by atoms with Crippen LogP contribution in [0.1, 0.15) is 22.5 Å². The molecule has 146 valence electrons. The molecule has 27 heavy (non-hydrogen) atoms. The van der Waals surface area contributed by atoms with Gasteiger partial charge >= 0.3 is 0 Å². The number of rotatable bonds is 6. The zero-order chi connectivity index (χ0) is 19.4.